The molecule has 0 radical (unpaired) electrons. The molecule has 2 rings (SSSR count). The number of nitrogens with two attached hydrogens (primary N) is 1. The molecular formula is C7H12FN. The van der Waals surface area contributed by atoms with E-state index in [9.17, 15) is 4.39 Å². The molecule has 0 heterocycles. The summed E-state index contributed by atoms with van der Waals surface area (Å²) < 4.78 is 13.0. The Bertz CT molecular complexity index is 120. The van der Waals surface area contributed by atoms with Crippen molar-refractivity contribution in [2.75, 3.05) is 0 Å². The fourth-order valence-electron chi connectivity index (χ4n) is 1.28. The zero-order chi connectivity index (χ0) is 6.54. The molecule has 1 nitrogen and oxygen atoms in total. The third kappa shape index (κ3) is 1.08. The van der Waals surface area contributed by atoms with E-state index in [-0.39, 0.29) is 5.54 Å². The first-order valence-electron chi connectivity index (χ1n) is 3.60. The van der Waals surface area contributed by atoms with Crippen molar-refractivity contribution >= 4 is 0 Å². The normalized spacial score (nSPS) is 34.0. The van der Waals surface area contributed by atoms with E-state index in [1.165, 1.54) is 0 Å². The first-order chi connectivity index (χ1) is 4.12. The molecule has 2 aliphatic rings. The van der Waals surface area contributed by atoms with Gasteiger partial charge in [0, 0.05) is 5.54 Å². The maximum absolute atomic E-state index is 13.0. The molecule has 0 amide bonds. The van der Waals surface area contributed by atoms with Crippen LogP contribution in [0.2, 0.25) is 0 Å². The number of rotatable bonds is 2. The lowest BCUT2D eigenvalue weighted by Gasteiger charge is -2.09. The summed E-state index contributed by atoms with van der Waals surface area (Å²) in [6.07, 6.45) is 4.22. The lowest BCUT2D eigenvalue weighted by Crippen LogP contribution is -2.26. The Balaban J connectivity index is 1.90. The molecule has 2 aliphatic carbocycles. The highest BCUT2D eigenvalue weighted by Crippen LogP contribution is 2.51. The third-order valence-corrected chi connectivity index (χ3v) is 2.35. The first kappa shape index (κ1) is 5.66. The van der Waals surface area contributed by atoms with Crippen LogP contribution in [0, 0.1) is 0 Å². The van der Waals surface area contributed by atoms with Gasteiger partial charge in [-0.1, -0.05) is 0 Å². The second kappa shape index (κ2) is 1.31. The summed E-state index contributed by atoms with van der Waals surface area (Å²) in [6, 6.07) is 0. The predicted octanol–water partition coefficient (Wildman–Crippen LogP) is 1.37. The van der Waals surface area contributed by atoms with Gasteiger partial charge in [-0.15, -0.1) is 0 Å². The van der Waals surface area contributed by atoms with Gasteiger partial charge in [-0.25, -0.2) is 4.39 Å². The highest BCUT2D eigenvalue weighted by Gasteiger charge is 2.52. The molecule has 0 aromatic heterocycles. The zero-order valence-electron chi connectivity index (χ0n) is 5.49. The van der Waals surface area contributed by atoms with E-state index in [0.717, 1.165) is 25.7 Å². The smallest absolute Gasteiger partial charge is 0.113 e. The Morgan fingerprint density at radius 2 is 1.78 bits per heavy atom. The van der Waals surface area contributed by atoms with E-state index in [2.05, 4.69) is 0 Å². The molecule has 2 saturated carbocycles. The SMILES string of the molecule is NC1(CC2(F)CC2)CC1. The van der Waals surface area contributed by atoms with Gasteiger partial charge in [-0.3, -0.25) is 0 Å². The summed E-state index contributed by atoms with van der Waals surface area (Å²) in [5, 5.41) is 0. The van der Waals surface area contributed by atoms with Gasteiger partial charge in [0.05, 0.1) is 0 Å². The summed E-state index contributed by atoms with van der Waals surface area (Å²) >= 11 is 0. The summed E-state index contributed by atoms with van der Waals surface area (Å²) in [4.78, 5) is 0. The average molecular weight is 129 g/mol. The van der Waals surface area contributed by atoms with Crippen molar-refractivity contribution < 1.29 is 4.39 Å². The Hall–Kier alpha value is -0.110. The molecule has 0 aromatic rings. The van der Waals surface area contributed by atoms with E-state index < -0.39 is 5.67 Å². The van der Waals surface area contributed by atoms with Gasteiger partial charge in [-0.2, -0.15) is 0 Å². The van der Waals surface area contributed by atoms with Crippen molar-refractivity contribution in [2.45, 2.75) is 43.3 Å². The second-order valence-electron chi connectivity index (χ2n) is 3.69. The van der Waals surface area contributed by atoms with Gasteiger partial charge in [-0.05, 0) is 32.1 Å². The highest BCUT2D eigenvalue weighted by molar-refractivity contribution is 5.09. The molecule has 0 bridgehead atoms. The topological polar surface area (TPSA) is 26.0 Å². The standard InChI is InChI=1S/C7H12FN/c8-6(1-2-6)5-7(9)3-4-7/h1-5,9H2. The van der Waals surface area contributed by atoms with Crippen LogP contribution in [0.4, 0.5) is 4.39 Å². The van der Waals surface area contributed by atoms with E-state index in [4.69, 9.17) is 5.73 Å². The molecule has 0 atom stereocenters. The Morgan fingerprint density at radius 3 is 2.11 bits per heavy atom. The monoisotopic (exact) mass is 129 g/mol. The van der Waals surface area contributed by atoms with Gasteiger partial charge in [0.1, 0.15) is 5.67 Å². The molecule has 0 aromatic carbocycles. The molecule has 52 valence electrons. The zero-order valence-corrected chi connectivity index (χ0v) is 5.49. The van der Waals surface area contributed by atoms with Crippen molar-refractivity contribution in [3.8, 4) is 0 Å². The average Bonchev–Trinajstić information content (AvgIpc) is 2.55. The maximum atomic E-state index is 13.0. The fraction of sp³-hybridized carbons (Fsp3) is 1.00. The van der Waals surface area contributed by atoms with E-state index in [1.807, 2.05) is 0 Å². The first-order valence-corrected chi connectivity index (χ1v) is 3.60. The Labute approximate surface area is 54.4 Å². The number of hydrogen-bond acceptors (Lipinski definition) is 1. The number of alkyl halides is 1. The van der Waals surface area contributed by atoms with Crippen molar-refractivity contribution in [1.29, 1.82) is 0 Å². The Kier molecular flexibility index (Phi) is 0.825. The fourth-order valence-corrected chi connectivity index (χ4v) is 1.28. The lowest BCUT2D eigenvalue weighted by molar-refractivity contribution is 0.265. The molecule has 2 fully saturated rings. The van der Waals surface area contributed by atoms with Gasteiger partial charge >= 0.3 is 0 Å². The van der Waals surface area contributed by atoms with Gasteiger partial charge in [0.15, 0.2) is 0 Å². The molecule has 0 saturated heterocycles. The van der Waals surface area contributed by atoms with E-state index >= 15 is 0 Å². The van der Waals surface area contributed by atoms with Crippen LogP contribution < -0.4 is 5.73 Å². The van der Waals surface area contributed by atoms with Crippen LogP contribution in [0.3, 0.4) is 0 Å². The third-order valence-electron chi connectivity index (χ3n) is 2.35. The van der Waals surface area contributed by atoms with Crippen LogP contribution >= 0.6 is 0 Å². The summed E-state index contributed by atoms with van der Waals surface area (Å²) in [7, 11) is 0. The van der Waals surface area contributed by atoms with Crippen LogP contribution in [0.25, 0.3) is 0 Å². The van der Waals surface area contributed by atoms with Crippen LogP contribution in [0.1, 0.15) is 32.1 Å². The minimum Gasteiger partial charge on any atom is -0.325 e. The summed E-state index contributed by atoms with van der Waals surface area (Å²) in [6.45, 7) is 0. The molecule has 2 heteroatoms. The maximum Gasteiger partial charge on any atom is 0.113 e. The molecule has 9 heavy (non-hydrogen) atoms. The number of hydrogen-bond donors (Lipinski definition) is 1. The van der Waals surface area contributed by atoms with Crippen molar-refractivity contribution in [3.05, 3.63) is 0 Å². The van der Waals surface area contributed by atoms with Crippen molar-refractivity contribution in [1.82, 2.24) is 0 Å². The van der Waals surface area contributed by atoms with Gasteiger partial charge in [0.2, 0.25) is 0 Å². The largest absolute Gasteiger partial charge is 0.325 e. The molecule has 0 spiro atoms. The minimum absolute atomic E-state index is 0.0781. The second-order valence-corrected chi connectivity index (χ2v) is 3.69. The van der Waals surface area contributed by atoms with Crippen LogP contribution in [-0.4, -0.2) is 11.2 Å². The Morgan fingerprint density at radius 1 is 1.22 bits per heavy atom. The number of halogens is 1. The molecule has 0 unspecified atom stereocenters. The molecule has 2 N–H and O–H groups in total. The molecular weight excluding hydrogens is 117 g/mol. The highest BCUT2D eigenvalue weighted by atomic mass is 19.1. The van der Waals surface area contributed by atoms with E-state index in [1.54, 1.807) is 0 Å². The lowest BCUT2D eigenvalue weighted by atomic mass is 10.1. The summed E-state index contributed by atoms with van der Waals surface area (Å²) in [5.41, 5.74) is 4.83. The van der Waals surface area contributed by atoms with Crippen LogP contribution in [0.15, 0.2) is 0 Å². The van der Waals surface area contributed by atoms with E-state index in [0.29, 0.717) is 6.42 Å². The van der Waals surface area contributed by atoms with Crippen LogP contribution in [-0.2, 0) is 0 Å². The minimum atomic E-state index is -0.828. The van der Waals surface area contributed by atoms with Crippen molar-refractivity contribution in [3.63, 3.8) is 0 Å². The van der Waals surface area contributed by atoms with Gasteiger partial charge in [0.25, 0.3) is 0 Å². The molecule has 0 aliphatic heterocycles. The van der Waals surface area contributed by atoms with Gasteiger partial charge < -0.3 is 5.73 Å². The van der Waals surface area contributed by atoms with Crippen molar-refractivity contribution in [2.24, 2.45) is 5.73 Å². The predicted molar refractivity (Wildman–Crippen MR) is 33.8 cm³/mol. The summed E-state index contributed by atoms with van der Waals surface area (Å²) in [5.74, 6) is 0. The quantitative estimate of drug-likeness (QED) is 0.598. The van der Waals surface area contributed by atoms with Crippen LogP contribution in [0.5, 0.6) is 0 Å².